The Bertz CT molecular complexity index is 792. The zero-order valence-electron chi connectivity index (χ0n) is 15.6. The van der Waals surface area contributed by atoms with Gasteiger partial charge >= 0.3 is 6.03 Å². The van der Waals surface area contributed by atoms with Crippen LogP contribution >= 0.6 is 0 Å². The molecule has 0 aromatic heterocycles. The van der Waals surface area contributed by atoms with Crippen molar-refractivity contribution in [1.82, 2.24) is 5.32 Å². The van der Waals surface area contributed by atoms with Gasteiger partial charge in [0.05, 0.1) is 12.3 Å². The number of halogens is 1. The van der Waals surface area contributed by atoms with E-state index in [1.165, 1.54) is 25.1 Å². The van der Waals surface area contributed by atoms with E-state index in [2.05, 4.69) is 29.8 Å². The van der Waals surface area contributed by atoms with Gasteiger partial charge in [-0.25, -0.2) is 9.18 Å². The standard InChI is InChI=1S/C20H24FN3O3/c1-13(2)12-27-17-7-4-15(5-8-17)11-22-20(26)24-19-10-16(23-14(3)25)6-9-18(19)21/h4-10,13H,11-12H2,1-3H3,(H,23,25)(H2,22,24,26). The van der Waals surface area contributed by atoms with E-state index < -0.39 is 11.8 Å². The van der Waals surface area contributed by atoms with Crippen molar-refractivity contribution in [3.63, 3.8) is 0 Å². The lowest BCUT2D eigenvalue weighted by atomic mass is 10.2. The Labute approximate surface area is 158 Å². The van der Waals surface area contributed by atoms with E-state index in [1.807, 2.05) is 24.3 Å². The van der Waals surface area contributed by atoms with Crippen LogP contribution in [0.1, 0.15) is 26.3 Å². The molecule has 2 aromatic rings. The van der Waals surface area contributed by atoms with Crippen LogP contribution in [0.5, 0.6) is 5.75 Å². The highest BCUT2D eigenvalue weighted by atomic mass is 19.1. The van der Waals surface area contributed by atoms with Gasteiger partial charge in [0.15, 0.2) is 0 Å². The van der Waals surface area contributed by atoms with Crippen molar-refractivity contribution in [2.24, 2.45) is 5.92 Å². The van der Waals surface area contributed by atoms with E-state index in [0.717, 1.165) is 11.3 Å². The summed E-state index contributed by atoms with van der Waals surface area (Å²) in [4.78, 5) is 23.1. The molecule has 6 nitrogen and oxygen atoms in total. The highest BCUT2D eigenvalue weighted by Gasteiger charge is 2.09. The lowest BCUT2D eigenvalue weighted by Gasteiger charge is -2.11. The maximum atomic E-state index is 13.8. The maximum absolute atomic E-state index is 13.8. The summed E-state index contributed by atoms with van der Waals surface area (Å²) in [5, 5.41) is 7.63. The predicted molar refractivity (Wildman–Crippen MR) is 103 cm³/mol. The van der Waals surface area contributed by atoms with Crippen molar-refractivity contribution in [1.29, 1.82) is 0 Å². The van der Waals surface area contributed by atoms with E-state index in [4.69, 9.17) is 4.74 Å². The zero-order chi connectivity index (χ0) is 19.8. The molecule has 0 saturated carbocycles. The van der Waals surface area contributed by atoms with Crippen LogP contribution in [0.4, 0.5) is 20.6 Å². The summed E-state index contributed by atoms with van der Waals surface area (Å²) in [5.74, 6) is 0.345. The Morgan fingerprint density at radius 1 is 1.07 bits per heavy atom. The first kappa shape index (κ1) is 20.2. The second-order valence-corrected chi connectivity index (χ2v) is 6.53. The van der Waals surface area contributed by atoms with Gasteiger partial charge < -0.3 is 20.7 Å². The summed E-state index contributed by atoms with van der Waals surface area (Å²) < 4.78 is 19.4. The SMILES string of the molecule is CC(=O)Nc1ccc(F)c(NC(=O)NCc2ccc(OCC(C)C)cc2)c1. The Kier molecular flexibility index (Phi) is 7.16. The number of rotatable bonds is 7. The first-order valence-electron chi connectivity index (χ1n) is 8.67. The van der Waals surface area contributed by atoms with Crippen LogP contribution in [0.25, 0.3) is 0 Å². The van der Waals surface area contributed by atoms with Crippen molar-refractivity contribution >= 4 is 23.3 Å². The molecular weight excluding hydrogens is 349 g/mol. The minimum Gasteiger partial charge on any atom is -0.493 e. The second-order valence-electron chi connectivity index (χ2n) is 6.53. The second kappa shape index (κ2) is 9.56. The number of ether oxygens (including phenoxy) is 1. The van der Waals surface area contributed by atoms with Crippen LogP contribution in [-0.2, 0) is 11.3 Å². The van der Waals surface area contributed by atoms with Gasteiger partial charge in [0, 0.05) is 19.2 Å². The smallest absolute Gasteiger partial charge is 0.319 e. The molecule has 3 amide bonds. The van der Waals surface area contributed by atoms with Crippen molar-refractivity contribution < 1.29 is 18.7 Å². The highest BCUT2D eigenvalue weighted by molar-refractivity contribution is 5.92. The van der Waals surface area contributed by atoms with Crippen LogP contribution in [0.2, 0.25) is 0 Å². The van der Waals surface area contributed by atoms with Crippen LogP contribution in [0, 0.1) is 11.7 Å². The molecular formula is C20H24FN3O3. The summed E-state index contributed by atoms with van der Waals surface area (Å²) >= 11 is 0. The fourth-order valence-electron chi connectivity index (χ4n) is 2.22. The molecule has 0 radical (unpaired) electrons. The number of benzene rings is 2. The first-order valence-corrected chi connectivity index (χ1v) is 8.67. The van der Waals surface area contributed by atoms with Gasteiger partial charge in [0.25, 0.3) is 0 Å². The quantitative estimate of drug-likeness (QED) is 0.682. The summed E-state index contributed by atoms with van der Waals surface area (Å²) in [6.45, 7) is 6.42. The Balaban J connectivity index is 1.88. The molecule has 7 heteroatoms. The van der Waals surface area contributed by atoms with Gasteiger partial charge in [-0.05, 0) is 41.8 Å². The van der Waals surface area contributed by atoms with Crippen molar-refractivity contribution in [2.45, 2.75) is 27.3 Å². The van der Waals surface area contributed by atoms with E-state index in [-0.39, 0.29) is 18.1 Å². The Hall–Kier alpha value is -3.09. The average molecular weight is 373 g/mol. The van der Waals surface area contributed by atoms with Crippen LogP contribution in [-0.4, -0.2) is 18.5 Å². The molecule has 144 valence electrons. The number of carbonyl (C=O) groups is 2. The molecule has 0 fully saturated rings. The van der Waals surface area contributed by atoms with Gasteiger partial charge in [-0.3, -0.25) is 4.79 Å². The largest absolute Gasteiger partial charge is 0.493 e. The van der Waals surface area contributed by atoms with E-state index in [0.29, 0.717) is 18.2 Å². The van der Waals surface area contributed by atoms with Gasteiger partial charge in [-0.15, -0.1) is 0 Å². The molecule has 0 spiro atoms. The normalized spacial score (nSPS) is 10.4. The number of hydrogen-bond donors (Lipinski definition) is 3. The van der Waals surface area contributed by atoms with Crippen LogP contribution < -0.4 is 20.7 Å². The third-order valence-corrected chi connectivity index (χ3v) is 3.49. The number of nitrogens with one attached hydrogen (secondary N) is 3. The molecule has 0 heterocycles. The summed E-state index contributed by atoms with van der Waals surface area (Å²) in [5.41, 5.74) is 1.27. The third kappa shape index (κ3) is 6.97. The topological polar surface area (TPSA) is 79.5 Å². The molecule has 3 N–H and O–H groups in total. The molecule has 2 aromatic carbocycles. The monoisotopic (exact) mass is 373 g/mol. The molecule has 0 atom stereocenters. The summed E-state index contributed by atoms with van der Waals surface area (Å²) in [6, 6.07) is 10.8. The molecule has 0 aliphatic rings. The molecule has 0 saturated heterocycles. The minimum absolute atomic E-state index is 0.0174. The Morgan fingerprint density at radius 2 is 1.78 bits per heavy atom. The number of hydrogen-bond acceptors (Lipinski definition) is 3. The Morgan fingerprint density at radius 3 is 2.41 bits per heavy atom. The molecule has 0 bridgehead atoms. The van der Waals surface area contributed by atoms with Crippen LogP contribution in [0.15, 0.2) is 42.5 Å². The summed E-state index contributed by atoms with van der Waals surface area (Å²) in [6.07, 6.45) is 0. The van der Waals surface area contributed by atoms with Gasteiger partial charge in [-0.1, -0.05) is 26.0 Å². The van der Waals surface area contributed by atoms with Gasteiger partial charge in [0.2, 0.25) is 5.91 Å². The molecule has 0 aliphatic heterocycles. The molecule has 2 rings (SSSR count). The summed E-state index contributed by atoms with van der Waals surface area (Å²) in [7, 11) is 0. The van der Waals surface area contributed by atoms with E-state index >= 15 is 0 Å². The number of urea groups is 1. The lowest BCUT2D eigenvalue weighted by molar-refractivity contribution is -0.114. The number of anilines is 2. The van der Waals surface area contributed by atoms with Crippen molar-refractivity contribution in [3.8, 4) is 5.75 Å². The fraction of sp³-hybridized carbons (Fsp3) is 0.300. The van der Waals surface area contributed by atoms with Gasteiger partial charge in [-0.2, -0.15) is 0 Å². The van der Waals surface area contributed by atoms with Crippen molar-refractivity contribution in [2.75, 3.05) is 17.2 Å². The molecule has 0 unspecified atom stereocenters. The highest BCUT2D eigenvalue weighted by Crippen LogP contribution is 2.19. The number of carbonyl (C=O) groups excluding carboxylic acids is 2. The molecule has 0 aliphatic carbocycles. The maximum Gasteiger partial charge on any atom is 0.319 e. The molecule has 27 heavy (non-hydrogen) atoms. The van der Waals surface area contributed by atoms with Crippen LogP contribution in [0.3, 0.4) is 0 Å². The predicted octanol–water partition coefficient (Wildman–Crippen LogP) is 4.14. The minimum atomic E-state index is -0.592. The zero-order valence-corrected chi connectivity index (χ0v) is 15.6. The lowest BCUT2D eigenvalue weighted by Crippen LogP contribution is -2.28. The first-order chi connectivity index (χ1) is 12.8. The average Bonchev–Trinajstić information content (AvgIpc) is 2.61. The number of amides is 3. The third-order valence-electron chi connectivity index (χ3n) is 3.49. The van der Waals surface area contributed by atoms with Gasteiger partial charge in [0.1, 0.15) is 11.6 Å². The fourth-order valence-corrected chi connectivity index (χ4v) is 2.22. The van der Waals surface area contributed by atoms with E-state index in [1.54, 1.807) is 0 Å². The van der Waals surface area contributed by atoms with Crippen molar-refractivity contribution in [3.05, 3.63) is 53.8 Å². The van der Waals surface area contributed by atoms with E-state index in [9.17, 15) is 14.0 Å².